The van der Waals surface area contributed by atoms with Crippen molar-refractivity contribution in [1.29, 1.82) is 0 Å². The van der Waals surface area contributed by atoms with Crippen LogP contribution >= 0.6 is 0 Å². The smallest absolute Gasteiger partial charge is 0.328 e. The minimum absolute atomic E-state index is 0.110. The summed E-state index contributed by atoms with van der Waals surface area (Å²) in [7, 11) is 0.214. The van der Waals surface area contributed by atoms with E-state index in [2.05, 4.69) is 10.1 Å². The van der Waals surface area contributed by atoms with Crippen LogP contribution in [-0.2, 0) is 30.9 Å². The number of hydrogen-bond donors (Lipinski definition) is 1. The molecule has 0 spiro atoms. The van der Waals surface area contributed by atoms with E-state index < -0.39 is 40.0 Å². The molecule has 146 valence electrons. The minimum atomic E-state index is -3.74. The third kappa shape index (κ3) is 5.67. The number of esters is 1. The number of nitrogens with one attached hydrogen (secondary N) is 1. The first-order valence-corrected chi connectivity index (χ1v) is 9.43. The summed E-state index contributed by atoms with van der Waals surface area (Å²) in [6.07, 6.45) is 1.48. The third-order valence-electron chi connectivity index (χ3n) is 3.58. The van der Waals surface area contributed by atoms with Crippen LogP contribution in [0.3, 0.4) is 0 Å². The monoisotopic (exact) mass is 387 g/mol. The Kier molecular flexibility index (Phi) is 7.52. The number of amides is 1. The Balaban J connectivity index is 3.02. The van der Waals surface area contributed by atoms with Gasteiger partial charge >= 0.3 is 5.97 Å². The second kappa shape index (κ2) is 8.95. The number of sulfonamides is 1. The van der Waals surface area contributed by atoms with Gasteiger partial charge in [0.05, 0.1) is 12.0 Å². The maximum Gasteiger partial charge on any atom is 0.328 e. The highest BCUT2D eigenvalue weighted by Crippen LogP contribution is 2.11. The molecule has 0 aliphatic heterocycles. The summed E-state index contributed by atoms with van der Waals surface area (Å²) in [6.45, 7) is 3.37. The lowest BCUT2D eigenvalue weighted by Crippen LogP contribution is -2.44. The molecule has 0 saturated heterocycles. The van der Waals surface area contributed by atoms with Crippen molar-refractivity contribution in [3.63, 3.8) is 0 Å². The van der Waals surface area contributed by atoms with Crippen LogP contribution < -0.4 is 10.9 Å². The molecule has 0 aliphatic rings. The van der Waals surface area contributed by atoms with Crippen LogP contribution in [0, 0.1) is 5.92 Å². The van der Waals surface area contributed by atoms with E-state index in [9.17, 15) is 22.8 Å². The zero-order valence-corrected chi connectivity index (χ0v) is 16.4. The number of nitrogens with zero attached hydrogens (tertiary/aromatic N) is 2. The first-order chi connectivity index (χ1) is 12.0. The number of rotatable bonds is 8. The Morgan fingerprint density at radius 2 is 1.88 bits per heavy atom. The molecule has 0 fully saturated rings. The van der Waals surface area contributed by atoms with E-state index in [1.54, 1.807) is 0 Å². The molecule has 0 aliphatic carbocycles. The van der Waals surface area contributed by atoms with Crippen LogP contribution in [0.5, 0.6) is 0 Å². The Morgan fingerprint density at radius 3 is 2.38 bits per heavy atom. The van der Waals surface area contributed by atoms with Crippen molar-refractivity contribution in [2.45, 2.75) is 37.8 Å². The Hall–Kier alpha value is -2.20. The van der Waals surface area contributed by atoms with Gasteiger partial charge in [0.1, 0.15) is 12.6 Å². The highest BCUT2D eigenvalue weighted by atomic mass is 32.2. The Bertz CT molecular complexity index is 814. The highest BCUT2D eigenvalue weighted by molar-refractivity contribution is 7.89. The lowest BCUT2D eigenvalue weighted by atomic mass is 10.0. The summed E-state index contributed by atoms with van der Waals surface area (Å²) in [5.41, 5.74) is -0.531. The second-order valence-electron chi connectivity index (χ2n) is 6.39. The topological polar surface area (TPSA) is 115 Å². The highest BCUT2D eigenvalue weighted by Gasteiger charge is 2.23. The van der Waals surface area contributed by atoms with E-state index in [1.165, 1.54) is 27.3 Å². The SMILES string of the molecule is COC(=O)[C@H](CC(C)C)NC(=O)Cn1cc(S(=O)(=O)N(C)C)ccc1=O. The van der Waals surface area contributed by atoms with Gasteiger partial charge in [-0.3, -0.25) is 9.59 Å². The van der Waals surface area contributed by atoms with Gasteiger partial charge in [-0.25, -0.2) is 17.5 Å². The fourth-order valence-corrected chi connectivity index (χ4v) is 3.14. The fraction of sp³-hybridized carbons (Fsp3) is 0.562. The van der Waals surface area contributed by atoms with E-state index in [0.717, 1.165) is 21.1 Å². The fourth-order valence-electron chi connectivity index (χ4n) is 2.22. The van der Waals surface area contributed by atoms with E-state index in [-0.39, 0.29) is 10.8 Å². The van der Waals surface area contributed by atoms with Crippen molar-refractivity contribution in [2.24, 2.45) is 5.92 Å². The lowest BCUT2D eigenvalue weighted by Gasteiger charge is -2.19. The molecule has 1 N–H and O–H groups in total. The maximum atomic E-state index is 12.2. The quantitative estimate of drug-likeness (QED) is 0.618. The van der Waals surface area contributed by atoms with Gasteiger partial charge in [-0.2, -0.15) is 0 Å². The van der Waals surface area contributed by atoms with Gasteiger partial charge in [0.25, 0.3) is 5.56 Å². The molecule has 1 heterocycles. The summed E-state index contributed by atoms with van der Waals surface area (Å²) >= 11 is 0. The molecule has 1 atom stereocenters. The number of carbonyl (C=O) groups is 2. The molecular formula is C16H25N3O6S. The molecule has 0 aromatic carbocycles. The van der Waals surface area contributed by atoms with Crippen LogP contribution in [0.25, 0.3) is 0 Å². The van der Waals surface area contributed by atoms with Crippen LogP contribution in [0.15, 0.2) is 28.0 Å². The van der Waals surface area contributed by atoms with Crippen LogP contribution in [0.4, 0.5) is 0 Å². The normalized spacial score (nSPS) is 12.9. The number of aromatic nitrogens is 1. The van der Waals surface area contributed by atoms with Crippen LogP contribution in [0.2, 0.25) is 0 Å². The zero-order valence-electron chi connectivity index (χ0n) is 15.6. The van der Waals surface area contributed by atoms with Crippen molar-refractivity contribution in [3.05, 3.63) is 28.7 Å². The summed E-state index contributed by atoms with van der Waals surface area (Å²) < 4.78 is 31.0. The van der Waals surface area contributed by atoms with Crippen molar-refractivity contribution < 1.29 is 22.7 Å². The Labute approximate surface area is 153 Å². The first-order valence-electron chi connectivity index (χ1n) is 7.99. The standard InChI is InChI=1S/C16H25N3O6S/c1-11(2)8-13(16(22)25-5)17-14(20)10-19-9-12(6-7-15(19)21)26(23,24)18(3)4/h6-7,9,11,13H,8,10H2,1-5H3,(H,17,20)/t13-/m0/s1. The van der Waals surface area contributed by atoms with Gasteiger partial charge in [-0.15, -0.1) is 0 Å². The lowest BCUT2D eigenvalue weighted by molar-refractivity contribution is -0.145. The average Bonchev–Trinajstić information content (AvgIpc) is 2.54. The second-order valence-corrected chi connectivity index (χ2v) is 8.54. The van der Waals surface area contributed by atoms with Gasteiger partial charge in [0, 0.05) is 26.4 Å². The number of carbonyl (C=O) groups excluding carboxylic acids is 2. The van der Waals surface area contributed by atoms with E-state index in [0.29, 0.717) is 6.42 Å². The minimum Gasteiger partial charge on any atom is -0.467 e. The molecule has 9 nitrogen and oxygen atoms in total. The maximum absolute atomic E-state index is 12.2. The molecule has 0 saturated carbocycles. The predicted molar refractivity (Wildman–Crippen MR) is 95.0 cm³/mol. The van der Waals surface area contributed by atoms with Crippen molar-refractivity contribution in [3.8, 4) is 0 Å². The summed E-state index contributed by atoms with van der Waals surface area (Å²) in [5, 5.41) is 2.52. The average molecular weight is 387 g/mol. The van der Waals surface area contributed by atoms with Gasteiger partial charge < -0.3 is 14.6 Å². The predicted octanol–water partition coefficient (Wildman–Crippen LogP) is -0.197. The van der Waals surface area contributed by atoms with Crippen LogP contribution in [0.1, 0.15) is 20.3 Å². The number of hydrogen-bond acceptors (Lipinski definition) is 6. The summed E-state index contributed by atoms with van der Waals surface area (Å²) in [6, 6.07) is 1.43. The van der Waals surface area contributed by atoms with E-state index in [1.807, 2.05) is 13.8 Å². The molecule has 1 amide bonds. The van der Waals surface area contributed by atoms with Crippen molar-refractivity contribution in [2.75, 3.05) is 21.2 Å². The zero-order chi connectivity index (χ0) is 20.1. The van der Waals surface area contributed by atoms with E-state index >= 15 is 0 Å². The molecule has 26 heavy (non-hydrogen) atoms. The number of ether oxygens (including phenoxy) is 1. The first kappa shape index (κ1) is 21.8. The Morgan fingerprint density at radius 1 is 1.27 bits per heavy atom. The van der Waals surface area contributed by atoms with Gasteiger partial charge in [0.15, 0.2) is 0 Å². The largest absolute Gasteiger partial charge is 0.467 e. The molecule has 1 aromatic rings. The number of pyridine rings is 1. The van der Waals surface area contributed by atoms with Crippen molar-refractivity contribution in [1.82, 2.24) is 14.2 Å². The molecule has 10 heteroatoms. The van der Waals surface area contributed by atoms with Gasteiger partial charge in [-0.05, 0) is 18.4 Å². The molecule has 1 aromatic heterocycles. The molecular weight excluding hydrogens is 362 g/mol. The summed E-state index contributed by atoms with van der Waals surface area (Å²) in [4.78, 5) is 35.8. The molecule has 0 radical (unpaired) electrons. The van der Waals surface area contributed by atoms with E-state index in [4.69, 9.17) is 0 Å². The number of methoxy groups -OCH3 is 1. The van der Waals surface area contributed by atoms with Gasteiger partial charge in [-0.1, -0.05) is 13.8 Å². The third-order valence-corrected chi connectivity index (χ3v) is 5.38. The molecule has 1 rings (SSSR count). The summed E-state index contributed by atoms with van der Waals surface area (Å²) in [5.74, 6) is -1.04. The van der Waals surface area contributed by atoms with Gasteiger partial charge in [0.2, 0.25) is 15.9 Å². The molecule has 0 bridgehead atoms. The van der Waals surface area contributed by atoms with Crippen molar-refractivity contribution >= 4 is 21.9 Å². The van der Waals surface area contributed by atoms with Crippen LogP contribution in [-0.4, -0.2) is 56.4 Å². The molecule has 0 unspecified atom stereocenters.